The molecule has 1 saturated carbocycles. The summed E-state index contributed by atoms with van der Waals surface area (Å²) in [6.45, 7) is 3.95. The molecular weight excluding hydrogens is 341 g/mol. The van der Waals surface area contributed by atoms with Gasteiger partial charge in [-0.3, -0.25) is 4.79 Å². The topological polar surface area (TPSA) is 57.8 Å². The second kappa shape index (κ2) is 5.97. The number of aromatic amines is 1. The maximum atomic E-state index is 12.0. The van der Waals surface area contributed by atoms with Gasteiger partial charge in [-0.1, -0.05) is 34.7 Å². The van der Waals surface area contributed by atoms with Gasteiger partial charge in [-0.15, -0.1) is 0 Å². The highest BCUT2D eigenvalue weighted by molar-refractivity contribution is 14.1. The van der Waals surface area contributed by atoms with Gasteiger partial charge in [0.25, 0.3) is 5.56 Å². The smallest absolute Gasteiger partial charge is 0.258 e. The van der Waals surface area contributed by atoms with Crippen LogP contribution in [-0.2, 0) is 0 Å². The molecule has 18 heavy (non-hydrogen) atoms. The lowest BCUT2D eigenvalue weighted by Crippen LogP contribution is -2.45. The lowest BCUT2D eigenvalue weighted by atomic mass is 10.3. The Morgan fingerprint density at radius 2 is 2.33 bits per heavy atom. The molecule has 1 fully saturated rings. The van der Waals surface area contributed by atoms with Crippen LogP contribution in [0.2, 0.25) is 0 Å². The maximum absolute atomic E-state index is 12.0. The molecule has 1 unspecified atom stereocenters. The van der Waals surface area contributed by atoms with E-state index in [0.29, 0.717) is 11.3 Å². The van der Waals surface area contributed by atoms with Gasteiger partial charge in [-0.25, -0.2) is 4.98 Å². The van der Waals surface area contributed by atoms with Gasteiger partial charge in [-0.2, -0.15) is 0 Å². The Balaban J connectivity index is 2.42. The largest absolute Gasteiger partial charge is 0.309 e. The summed E-state index contributed by atoms with van der Waals surface area (Å²) in [7, 11) is 0. The molecule has 5 heteroatoms. The number of H-pyrrole nitrogens is 1. The molecule has 0 bridgehead atoms. The minimum absolute atomic E-state index is 0.0470. The van der Waals surface area contributed by atoms with Gasteiger partial charge in [0.15, 0.2) is 0 Å². The normalized spacial score (nSPS) is 19.3. The molecule has 2 N–H and O–H groups in total. The second-order valence-corrected chi connectivity index (χ2v) is 5.44. The fourth-order valence-corrected chi connectivity index (χ4v) is 2.34. The van der Waals surface area contributed by atoms with Crippen LogP contribution < -0.4 is 21.4 Å². The molecule has 1 aliphatic carbocycles. The molecular formula is C13H18IN3O. The van der Waals surface area contributed by atoms with Crippen molar-refractivity contribution in [2.75, 3.05) is 4.43 Å². The zero-order chi connectivity index (χ0) is 13.1. The Morgan fingerprint density at radius 1 is 1.61 bits per heavy atom. The summed E-state index contributed by atoms with van der Waals surface area (Å²) in [6, 6.07) is 0.692. The third-order valence-corrected chi connectivity index (χ3v) is 3.47. The van der Waals surface area contributed by atoms with Crippen LogP contribution in [0.4, 0.5) is 0 Å². The maximum Gasteiger partial charge on any atom is 0.258 e. The van der Waals surface area contributed by atoms with Crippen LogP contribution >= 0.6 is 22.6 Å². The van der Waals surface area contributed by atoms with Gasteiger partial charge in [0.1, 0.15) is 5.82 Å². The fourth-order valence-electron chi connectivity index (χ4n) is 1.90. The van der Waals surface area contributed by atoms with Crippen molar-refractivity contribution in [3.8, 4) is 0 Å². The zero-order valence-corrected chi connectivity index (χ0v) is 12.8. The standard InChI is InChI=1S/C13H18IN3O/c1-3-11-10(6-7-14)13(18)17-12(16-11)8(2)15-9-4-5-9/h3,6,8-9,15H,4-5,7H2,1-2H3,(H,16,17,18)/b10-6+,11-3+. The number of hydrogen-bond donors (Lipinski definition) is 2. The molecule has 0 spiro atoms. The summed E-state index contributed by atoms with van der Waals surface area (Å²) in [6.07, 6.45) is 6.25. The third-order valence-electron chi connectivity index (χ3n) is 3.03. The molecule has 98 valence electrons. The van der Waals surface area contributed by atoms with E-state index in [1.165, 1.54) is 12.8 Å². The summed E-state index contributed by atoms with van der Waals surface area (Å²) in [5.41, 5.74) is -0.0470. The molecule has 1 aromatic heterocycles. The number of nitrogens with zero attached hydrogens (tertiary/aromatic N) is 1. The van der Waals surface area contributed by atoms with E-state index in [0.717, 1.165) is 15.6 Å². The van der Waals surface area contributed by atoms with E-state index in [9.17, 15) is 4.79 Å². The average Bonchev–Trinajstić information content (AvgIpc) is 3.15. The molecule has 1 aliphatic rings. The quantitative estimate of drug-likeness (QED) is 0.612. The number of aromatic nitrogens is 2. The van der Waals surface area contributed by atoms with Crippen molar-refractivity contribution >= 4 is 34.7 Å². The fraction of sp³-hybridized carbons (Fsp3) is 0.538. The highest BCUT2D eigenvalue weighted by Crippen LogP contribution is 2.22. The molecule has 0 amide bonds. The lowest BCUT2D eigenvalue weighted by Gasteiger charge is -2.12. The molecule has 2 rings (SSSR count). The van der Waals surface area contributed by atoms with Crippen molar-refractivity contribution in [2.45, 2.75) is 38.8 Å². The first-order valence-electron chi connectivity index (χ1n) is 6.24. The number of nitrogens with one attached hydrogen (secondary N) is 2. The lowest BCUT2D eigenvalue weighted by molar-refractivity contribution is 0.539. The minimum Gasteiger partial charge on any atom is -0.309 e. The van der Waals surface area contributed by atoms with Crippen LogP contribution in [0.3, 0.4) is 0 Å². The van der Waals surface area contributed by atoms with Gasteiger partial charge >= 0.3 is 0 Å². The SMILES string of the molecule is C/C=c1/nc(C(C)NC2CC2)[nH]c(=O)/c1=C/CI. The first-order chi connectivity index (χ1) is 8.65. The number of hydrogen-bond acceptors (Lipinski definition) is 3. The van der Waals surface area contributed by atoms with Crippen molar-refractivity contribution in [3.63, 3.8) is 0 Å². The zero-order valence-electron chi connectivity index (χ0n) is 10.7. The van der Waals surface area contributed by atoms with E-state index in [4.69, 9.17) is 0 Å². The number of halogens is 1. The predicted molar refractivity (Wildman–Crippen MR) is 82.2 cm³/mol. The highest BCUT2D eigenvalue weighted by Gasteiger charge is 2.24. The van der Waals surface area contributed by atoms with E-state index < -0.39 is 0 Å². The molecule has 0 radical (unpaired) electrons. The number of alkyl halides is 1. The monoisotopic (exact) mass is 359 g/mol. The summed E-state index contributed by atoms with van der Waals surface area (Å²) >= 11 is 2.22. The summed E-state index contributed by atoms with van der Waals surface area (Å²) in [4.78, 5) is 19.5. The van der Waals surface area contributed by atoms with E-state index >= 15 is 0 Å². The van der Waals surface area contributed by atoms with Gasteiger partial charge < -0.3 is 10.3 Å². The second-order valence-electron chi connectivity index (χ2n) is 4.56. The van der Waals surface area contributed by atoms with Crippen LogP contribution in [0.15, 0.2) is 4.79 Å². The molecule has 1 aromatic rings. The van der Waals surface area contributed by atoms with Crippen molar-refractivity contribution in [1.29, 1.82) is 0 Å². The van der Waals surface area contributed by atoms with E-state index in [-0.39, 0.29) is 11.6 Å². The van der Waals surface area contributed by atoms with E-state index in [2.05, 4.69) is 37.9 Å². The molecule has 0 aliphatic heterocycles. The first kappa shape index (κ1) is 13.7. The average molecular weight is 359 g/mol. The van der Waals surface area contributed by atoms with E-state index in [1.54, 1.807) is 0 Å². The summed E-state index contributed by atoms with van der Waals surface area (Å²) < 4.78 is 0.804. The van der Waals surface area contributed by atoms with Crippen LogP contribution in [0.1, 0.15) is 38.6 Å². The number of rotatable bonds is 4. The van der Waals surface area contributed by atoms with Crippen LogP contribution in [0.25, 0.3) is 12.2 Å². The van der Waals surface area contributed by atoms with Crippen molar-refractivity contribution < 1.29 is 0 Å². The van der Waals surface area contributed by atoms with Gasteiger partial charge in [0.2, 0.25) is 0 Å². The van der Waals surface area contributed by atoms with Crippen molar-refractivity contribution in [3.05, 3.63) is 26.7 Å². The first-order valence-corrected chi connectivity index (χ1v) is 7.77. The van der Waals surface area contributed by atoms with Gasteiger partial charge in [-0.05, 0) is 26.7 Å². The van der Waals surface area contributed by atoms with Crippen LogP contribution in [-0.4, -0.2) is 20.4 Å². The molecule has 1 heterocycles. The molecule has 0 saturated heterocycles. The van der Waals surface area contributed by atoms with Crippen molar-refractivity contribution in [2.24, 2.45) is 0 Å². The predicted octanol–water partition coefficient (Wildman–Crippen LogP) is 0.599. The summed E-state index contributed by atoms with van der Waals surface area (Å²) in [5.74, 6) is 0.727. The Labute approximate surface area is 120 Å². The van der Waals surface area contributed by atoms with Crippen molar-refractivity contribution in [1.82, 2.24) is 15.3 Å². The van der Waals surface area contributed by atoms with Crippen LogP contribution in [0.5, 0.6) is 0 Å². The van der Waals surface area contributed by atoms with E-state index in [1.807, 2.05) is 26.0 Å². The summed E-state index contributed by atoms with van der Waals surface area (Å²) in [5, 5.41) is 4.89. The van der Waals surface area contributed by atoms with Gasteiger partial charge in [0.05, 0.1) is 16.6 Å². The highest BCUT2D eigenvalue weighted by atomic mass is 127. The van der Waals surface area contributed by atoms with Gasteiger partial charge in [0, 0.05) is 10.5 Å². The minimum atomic E-state index is -0.0470. The molecule has 1 atom stereocenters. The Hall–Kier alpha value is -0.690. The molecule has 0 aromatic carbocycles. The van der Waals surface area contributed by atoms with Crippen LogP contribution in [0, 0.1) is 0 Å². The third kappa shape index (κ3) is 3.20. The Kier molecular flexibility index (Phi) is 4.55. The molecule has 4 nitrogen and oxygen atoms in total. The Morgan fingerprint density at radius 3 is 2.89 bits per heavy atom. The Bertz CT molecular complexity index is 589.